The summed E-state index contributed by atoms with van der Waals surface area (Å²) in [5, 5.41) is 19.6. The second-order valence-corrected chi connectivity index (χ2v) is 6.45. The van der Waals surface area contributed by atoms with Crippen LogP contribution in [-0.2, 0) is 13.2 Å². The summed E-state index contributed by atoms with van der Waals surface area (Å²) >= 11 is 0. The van der Waals surface area contributed by atoms with Gasteiger partial charge >= 0.3 is 0 Å². The van der Waals surface area contributed by atoms with Gasteiger partial charge in [-0.25, -0.2) is 0 Å². The lowest BCUT2D eigenvalue weighted by molar-refractivity contribution is -0.0687. The summed E-state index contributed by atoms with van der Waals surface area (Å²) < 4.78 is 5.81. The van der Waals surface area contributed by atoms with Crippen LogP contribution >= 0.6 is 0 Å². The third-order valence-electron chi connectivity index (χ3n) is 4.35. The van der Waals surface area contributed by atoms with Crippen molar-refractivity contribution < 1.29 is 14.9 Å². The first-order valence-electron chi connectivity index (χ1n) is 8.34. The zero-order valence-corrected chi connectivity index (χ0v) is 13.8. The molecule has 0 amide bonds. The van der Waals surface area contributed by atoms with Gasteiger partial charge in [-0.15, -0.1) is 0 Å². The van der Waals surface area contributed by atoms with Crippen molar-refractivity contribution in [3.8, 4) is 5.75 Å². The van der Waals surface area contributed by atoms with Gasteiger partial charge in [0.1, 0.15) is 18.0 Å². The van der Waals surface area contributed by atoms with Gasteiger partial charge in [0.2, 0.25) is 0 Å². The van der Waals surface area contributed by atoms with Crippen LogP contribution in [0.2, 0.25) is 0 Å². The van der Waals surface area contributed by atoms with Gasteiger partial charge in [0.05, 0.1) is 12.3 Å². The molecule has 2 N–H and O–H groups in total. The van der Waals surface area contributed by atoms with E-state index in [9.17, 15) is 10.2 Å². The Hall–Kier alpha value is -1.95. The monoisotopic (exact) mass is 328 g/mol. The van der Waals surface area contributed by atoms with Gasteiger partial charge in [-0.1, -0.05) is 18.2 Å². The standard InChI is InChI=1S/C19H24N2O3/c22-15-19(23)8-4-10-21(14-19)12-16-5-3-7-18(11-16)24-13-17-6-1-2-9-20-17/h1-3,5-7,9,11,22-23H,4,8,10,12-15H2. The quantitative estimate of drug-likeness (QED) is 0.849. The summed E-state index contributed by atoms with van der Waals surface area (Å²) in [5.74, 6) is 0.813. The summed E-state index contributed by atoms with van der Waals surface area (Å²) in [7, 11) is 0. The highest BCUT2D eigenvalue weighted by molar-refractivity contribution is 5.28. The Morgan fingerprint density at radius 2 is 2.12 bits per heavy atom. The number of benzene rings is 1. The van der Waals surface area contributed by atoms with Crippen molar-refractivity contribution in [2.45, 2.75) is 31.6 Å². The minimum Gasteiger partial charge on any atom is -0.487 e. The smallest absolute Gasteiger partial charge is 0.130 e. The SMILES string of the molecule is OCC1(O)CCCN(Cc2cccc(OCc3ccccn3)c2)C1. The average molecular weight is 328 g/mol. The molecule has 0 spiro atoms. The number of aliphatic hydroxyl groups excluding tert-OH is 1. The molecule has 24 heavy (non-hydrogen) atoms. The van der Waals surface area contributed by atoms with Gasteiger partial charge in [-0.05, 0) is 49.2 Å². The molecule has 3 rings (SSSR count). The van der Waals surface area contributed by atoms with E-state index >= 15 is 0 Å². The van der Waals surface area contributed by atoms with Gasteiger partial charge in [0, 0.05) is 19.3 Å². The molecule has 1 unspecified atom stereocenters. The summed E-state index contributed by atoms with van der Waals surface area (Å²) in [4.78, 5) is 6.43. The molecule has 0 radical (unpaired) electrons. The number of aliphatic hydroxyl groups is 2. The number of β-amino-alcohol motifs (C(OH)–C–C–N with tert-alkyl or cyclic N) is 1. The zero-order valence-electron chi connectivity index (χ0n) is 13.8. The van der Waals surface area contributed by atoms with Crippen molar-refractivity contribution >= 4 is 0 Å². The van der Waals surface area contributed by atoms with E-state index in [-0.39, 0.29) is 6.61 Å². The third-order valence-corrected chi connectivity index (χ3v) is 4.35. The Kier molecular flexibility index (Phi) is 5.45. The van der Waals surface area contributed by atoms with Gasteiger partial charge in [-0.2, -0.15) is 0 Å². The number of aromatic nitrogens is 1. The van der Waals surface area contributed by atoms with Crippen molar-refractivity contribution in [3.63, 3.8) is 0 Å². The molecular weight excluding hydrogens is 304 g/mol. The van der Waals surface area contributed by atoms with E-state index in [1.54, 1.807) is 6.20 Å². The summed E-state index contributed by atoms with van der Waals surface area (Å²) in [6, 6.07) is 13.8. The van der Waals surface area contributed by atoms with Crippen LogP contribution in [0.4, 0.5) is 0 Å². The fourth-order valence-corrected chi connectivity index (χ4v) is 3.10. The van der Waals surface area contributed by atoms with Crippen LogP contribution in [0.5, 0.6) is 5.75 Å². The first kappa shape index (κ1) is 16.9. The molecule has 1 saturated heterocycles. The van der Waals surface area contributed by atoms with Gasteiger partial charge in [0.15, 0.2) is 0 Å². The highest BCUT2D eigenvalue weighted by atomic mass is 16.5. The molecule has 1 atom stereocenters. The summed E-state index contributed by atoms with van der Waals surface area (Å²) in [6.45, 7) is 2.43. The van der Waals surface area contributed by atoms with Crippen LogP contribution in [-0.4, -0.2) is 45.4 Å². The van der Waals surface area contributed by atoms with E-state index < -0.39 is 5.60 Å². The van der Waals surface area contributed by atoms with E-state index in [2.05, 4.69) is 16.0 Å². The highest BCUT2D eigenvalue weighted by Gasteiger charge is 2.32. The predicted octanol–water partition coefficient (Wildman–Crippen LogP) is 1.98. The molecule has 0 bridgehead atoms. The zero-order chi connectivity index (χ0) is 16.8. The molecule has 1 aliphatic rings. The normalized spacial score (nSPS) is 21.6. The maximum Gasteiger partial charge on any atom is 0.130 e. The van der Waals surface area contributed by atoms with Crippen LogP contribution < -0.4 is 4.74 Å². The largest absolute Gasteiger partial charge is 0.487 e. The molecule has 5 nitrogen and oxygen atoms in total. The molecule has 128 valence electrons. The molecule has 1 aromatic carbocycles. The Bertz CT molecular complexity index is 650. The lowest BCUT2D eigenvalue weighted by atomic mass is 9.93. The number of likely N-dealkylation sites (tertiary alicyclic amines) is 1. The maximum atomic E-state index is 10.3. The van der Waals surface area contributed by atoms with E-state index in [1.165, 1.54) is 0 Å². The predicted molar refractivity (Wildman–Crippen MR) is 91.6 cm³/mol. The van der Waals surface area contributed by atoms with Gasteiger partial charge in [0.25, 0.3) is 0 Å². The fraction of sp³-hybridized carbons (Fsp3) is 0.421. The Morgan fingerprint density at radius 1 is 1.21 bits per heavy atom. The first-order chi connectivity index (χ1) is 11.7. The van der Waals surface area contributed by atoms with E-state index in [0.717, 1.165) is 36.5 Å². The number of rotatable bonds is 6. The number of piperidine rings is 1. The topological polar surface area (TPSA) is 65.8 Å². The molecule has 2 aromatic rings. The maximum absolute atomic E-state index is 10.3. The van der Waals surface area contributed by atoms with Crippen molar-refractivity contribution in [2.75, 3.05) is 19.7 Å². The molecule has 1 fully saturated rings. The molecule has 1 aliphatic heterocycles. The van der Waals surface area contributed by atoms with Gasteiger partial charge in [-0.3, -0.25) is 9.88 Å². The van der Waals surface area contributed by atoms with Crippen molar-refractivity contribution in [1.29, 1.82) is 0 Å². The molecule has 0 saturated carbocycles. The molecular formula is C19H24N2O3. The van der Waals surface area contributed by atoms with E-state index in [1.807, 2.05) is 36.4 Å². The molecule has 0 aliphatic carbocycles. The number of ether oxygens (including phenoxy) is 1. The van der Waals surface area contributed by atoms with Crippen LogP contribution in [0.15, 0.2) is 48.7 Å². The second kappa shape index (κ2) is 7.75. The molecule has 2 heterocycles. The Balaban J connectivity index is 1.59. The number of hydrogen-bond acceptors (Lipinski definition) is 5. The Labute approximate surface area is 142 Å². The number of pyridine rings is 1. The number of hydrogen-bond donors (Lipinski definition) is 2. The lowest BCUT2D eigenvalue weighted by Crippen LogP contribution is -2.49. The molecule has 1 aromatic heterocycles. The first-order valence-corrected chi connectivity index (χ1v) is 8.34. The van der Waals surface area contributed by atoms with Crippen LogP contribution in [0.25, 0.3) is 0 Å². The molecule has 5 heteroatoms. The fourth-order valence-electron chi connectivity index (χ4n) is 3.10. The average Bonchev–Trinajstić information content (AvgIpc) is 2.61. The minimum absolute atomic E-state index is 0.184. The number of nitrogens with zero attached hydrogens (tertiary/aromatic N) is 2. The van der Waals surface area contributed by atoms with Crippen LogP contribution in [0.1, 0.15) is 24.1 Å². The van der Waals surface area contributed by atoms with E-state index in [0.29, 0.717) is 19.6 Å². The third kappa shape index (κ3) is 4.54. The summed E-state index contributed by atoms with van der Waals surface area (Å²) in [5.41, 5.74) is 1.06. The Morgan fingerprint density at radius 3 is 2.92 bits per heavy atom. The van der Waals surface area contributed by atoms with E-state index in [4.69, 9.17) is 4.74 Å². The van der Waals surface area contributed by atoms with Crippen molar-refractivity contribution in [2.24, 2.45) is 0 Å². The summed E-state index contributed by atoms with van der Waals surface area (Å²) in [6.07, 6.45) is 3.31. The van der Waals surface area contributed by atoms with Crippen molar-refractivity contribution in [3.05, 3.63) is 59.9 Å². The second-order valence-electron chi connectivity index (χ2n) is 6.45. The van der Waals surface area contributed by atoms with Crippen molar-refractivity contribution in [1.82, 2.24) is 9.88 Å². The highest BCUT2D eigenvalue weighted by Crippen LogP contribution is 2.23. The minimum atomic E-state index is -0.967. The van der Waals surface area contributed by atoms with Crippen LogP contribution in [0, 0.1) is 0 Å². The van der Waals surface area contributed by atoms with Gasteiger partial charge < -0.3 is 14.9 Å². The lowest BCUT2D eigenvalue weighted by Gasteiger charge is -2.38. The van der Waals surface area contributed by atoms with Crippen LogP contribution in [0.3, 0.4) is 0 Å².